The van der Waals surface area contributed by atoms with Crippen molar-refractivity contribution >= 4 is 34.7 Å². The Hall–Kier alpha value is -1.14. The van der Waals surface area contributed by atoms with E-state index in [1.165, 1.54) is 44.9 Å². The number of allylic oxidation sites excluding steroid dienone is 2. The molecule has 0 aromatic carbocycles. The van der Waals surface area contributed by atoms with Crippen molar-refractivity contribution in [2.45, 2.75) is 63.1 Å². The zero-order chi connectivity index (χ0) is 19.1. The van der Waals surface area contributed by atoms with E-state index in [1.54, 1.807) is 0 Å². The predicted octanol–water partition coefficient (Wildman–Crippen LogP) is 3.01. The van der Waals surface area contributed by atoms with E-state index in [-0.39, 0.29) is 0 Å². The van der Waals surface area contributed by atoms with Gasteiger partial charge in [0.05, 0.1) is 0 Å². The molecule has 5 rings (SSSR count). The lowest BCUT2D eigenvalue weighted by Crippen LogP contribution is -2.50. The molecule has 0 saturated heterocycles. The fourth-order valence-electron chi connectivity index (χ4n) is 6.19. The Morgan fingerprint density at radius 2 is 1.32 bits per heavy atom. The molecular formula is C22H32N4S2. The van der Waals surface area contributed by atoms with Gasteiger partial charge in [-0.25, -0.2) is 0 Å². The molecule has 6 heteroatoms. The standard InChI is InChI=1S/C22H32N4S2/c27-21(25-19-10-13-4-6-15(19)8-13)23-12-17-2-1-3-18(17)24-22(28)26-20-11-14-5-7-16(20)9-14/h4-7,13-20H,1-3,8-12H2,(H2,23,25,27)(H2,24,26,28)/t13-,14-,15-,16-,17-,18+,19-,20-/m1/s1. The molecule has 4 nitrogen and oxygen atoms in total. The summed E-state index contributed by atoms with van der Waals surface area (Å²) < 4.78 is 0. The molecule has 0 heterocycles. The van der Waals surface area contributed by atoms with E-state index in [4.69, 9.17) is 24.4 Å². The van der Waals surface area contributed by atoms with Gasteiger partial charge < -0.3 is 21.3 Å². The molecule has 0 radical (unpaired) electrons. The molecule has 0 unspecified atom stereocenters. The van der Waals surface area contributed by atoms with Crippen molar-refractivity contribution in [1.82, 2.24) is 21.3 Å². The van der Waals surface area contributed by atoms with Gasteiger partial charge in [0.15, 0.2) is 10.2 Å². The average molecular weight is 417 g/mol. The number of thiocarbonyl (C=S) groups is 2. The SMILES string of the molecule is S=C(NC[C@H]1CCC[C@@H]1NC(=S)N[C@@H]1C[C@@H]2C=C[C@@H]1C2)N[C@@H]1C[C@@H]2C=C[C@@H]1C2. The quantitative estimate of drug-likeness (QED) is 0.408. The summed E-state index contributed by atoms with van der Waals surface area (Å²) in [5.41, 5.74) is 0. The fraction of sp³-hybridized carbons (Fsp3) is 0.727. The van der Waals surface area contributed by atoms with Crippen molar-refractivity contribution in [3.63, 3.8) is 0 Å². The second-order valence-electron chi connectivity index (χ2n) is 9.54. The zero-order valence-corrected chi connectivity index (χ0v) is 18.0. The molecule has 0 aromatic heterocycles. The lowest BCUT2D eigenvalue weighted by Gasteiger charge is -2.27. The molecule has 4 bridgehead atoms. The van der Waals surface area contributed by atoms with Gasteiger partial charge in [-0.15, -0.1) is 0 Å². The van der Waals surface area contributed by atoms with Gasteiger partial charge >= 0.3 is 0 Å². The maximum atomic E-state index is 5.65. The summed E-state index contributed by atoms with van der Waals surface area (Å²) in [6.45, 7) is 0.930. The van der Waals surface area contributed by atoms with Gasteiger partial charge in [-0.1, -0.05) is 30.7 Å². The Morgan fingerprint density at radius 3 is 1.89 bits per heavy atom. The molecule has 28 heavy (non-hydrogen) atoms. The van der Waals surface area contributed by atoms with Gasteiger partial charge in [0.2, 0.25) is 0 Å². The van der Waals surface area contributed by atoms with Gasteiger partial charge in [0.25, 0.3) is 0 Å². The highest BCUT2D eigenvalue weighted by molar-refractivity contribution is 7.80. The summed E-state index contributed by atoms with van der Waals surface area (Å²) in [6, 6.07) is 1.51. The van der Waals surface area contributed by atoms with Crippen molar-refractivity contribution in [3.05, 3.63) is 24.3 Å². The smallest absolute Gasteiger partial charge is 0.166 e. The summed E-state index contributed by atoms with van der Waals surface area (Å²) in [5.74, 6) is 3.48. The van der Waals surface area contributed by atoms with Crippen LogP contribution in [0.2, 0.25) is 0 Å². The first kappa shape index (κ1) is 18.9. The Labute approximate surface area is 179 Å². The molecule has 8 atom stereocenters. The topological polar surface area (TPSA) is 48.1 Å². The minimum absolute atomic E-state index is 0.454. The maximum absolute atomic E-state index is 5.65. The number of hydrogen-bond donors (Lipinski definition) is 4. The van der Waals surface area contributed by atoms with E-state index in [2.05, 4.69) is 45.6 Å². The van der Waals surface area contributed by atoms with Crippen LogP contribution in [-0.4, -0.2) is 34.9 Å². The second-order valence-corrected chi connectivity index (χ2v) is 10.4. The number of rotatable bonds is 5. The Morgan fingerprint density at radius 1 is 0.714 bits per heavy atom. The monoisotopic (exact) mass is 416 g/mol. The van der Waals surface area contributed by atoms with Gasteiger partial charge in [-0.3, -0.25) is 0 Å². The first-order chi connectivity index (χ1) is 13.6. The van der Waals surface area contributed by atoms with Crippen LogP contribution < -0.4 is 21.3 Å². The summed E-state index contributed by atoms with van der Waals surface area (Å²) in [7, 11) is 0. The average Bonchev–Trinajstić information content (AvgIpc) is 3.47. The summed E-state index contributed by atoms with van der Waals surface area (Å²) in [4.78, 5) is 0. The number of fused-ring (bicyclic) bond motifs is 4. The lowest BCUT2D eigenvalue weighted by molar-refractivity contribution is 0.431. The largest absolute Gasteiger partial charge is 0.362 e. The first-order valence-electron chi connectivity index (χ1n) is 11.1. The summed E-state index contributed by atoms with van der Waals surface area (Å²) in [6.07, 6.45) is 18.3. The number of hydrogen-bond acceptors (Lipinski definition) is 2. The highest BCUT2D eigenvalue weighted by atomic mass is 32.1. The third kappa shape index (κ3) is 3.95. The lowest BCUT2D eigenvalue weighted by atomic mass is 10.0. The maximum Gasteiger partial charge on any atom is 0.166 e. The Balaban J connectivity index is 1.05. The third-order valence-electron chi connectivity index (χ3n) is 7.69. The molecule has 5 aliphatic rings. The van der Waals surface area contributed by atoms with E-state index in [1.807, 2.05) is 0 Å². The van der Waals surface area contributed by atoms with Gasteiger partial charge in [0, 0.05) is 24.7 Å². The second kappa shape index (κ2) is 7.94. The van der Waals surface area contributed by atoms with Gasteiger partial charge in [-0.05, 0) is 92.6 Å². The van der Waals surface area contributed by atoms with Crippen LogP contribution in [0, 0.1) is 29.6 Å². The van der Waals surface area contributed by atoms with E-state index in [0.717, 1.165) is 28.6 Å². The van der Waals surface area contributed by atoms with Crippen molar-refractivity contribution < 1.29 is 0 Å². The van der Waals surface area contributed by atoms with Crippen molar-refractivity contribution in [3.8, 4) is 0 Å². The van der Waals surface area contributed by atoms with Crippen molar-refractivity contribution in [2.24, 2.45) is 29.6 Å². The van der Waals surface area contributed by atoms with Gasteiger partial charge in [0.1, 0.15) is 0 Å². The molecular weight excluding hydrogens is 384 g/mol. The molecule has 3 fully saturated rings. The molecule has 0 aliphatic heterocycles. The highest BCUT2D eigenvalue weighted by Gasteiger charge is 2.37. The van der Waals surface area contributed by atoms with E-state index >= 15 is 0 Å². The normalized spacial score (nSPS) is 42.1. The van der Waals surface area contributed by atoms with E-state index < -0.39 is 0 Å². The van der Waals surface area contributed by atoms with Crippen LogP contribution in [-0.2, 0) is 0 Å². The van der Waals surface area contributed by atoms with Crippen LogP contribution in [0.3, 0.4) is 0 Å². The zero-order valence-electron chi connectivity index (χ0n) is 16.4. The summed E-state index contributed by atoms with van der Waals surface area (Å²) >= 11 is 11.2. The first-order valence-corrected chi connectivity index (χ1v) is 11.9. The minimum atomic E-state index is 0.454. The Bertz CT molecular complexity index is 690. The van der Waals surface area contributed by atoms with Crippen LogP contribution in [0.1, 0.15) is 44.9 Å². The molecule has 0 amide bonds. The van der Waals surface area contributed by atoms with Crippen LogP contribution in [0.15, 0.2) is 24.3 Å². The highest BCUT2D eigenvalue weighted by Crippen LogP contribution is 2.39. The molecule has 5 aliphatic carbocycles. The van der Waals surface area contributed by atoms with E-state index in [0.29, 0.717) is 35.9 Å². The predicted molar refractivity (Wildman–Crippen MR) is 122 cm³/mol. The molecule has 152 valence electrons. The third-order valence-corrected chi connectivity index (χ3v) is 8.19. The summed E-state index contributed by atoms with van der Waals surface area (Å²) in [5, 5.41) is 15.9. The molecule has 3 saturated carbocycles. The van der Waals surface area contributed by atoms with E-state index in [9.17, 15) is 0 Å². The molecule has 0 aromatic rings. The fourth-order valence-corrected chi connectivity index (χ4v) is 6.72. The van der Waals surface area contributed by atoms with Crippen LogP contribution in [0.4, 0.5) is 0 Å². The Kier molecular flexibility index (Phi) is 5.35. The minimum Gasteiger partial charge on any atom is -0.362 e. The van der Waals surface area contributed by atoms with Gasteiger partial charge in [-0.2, -0.15) is 0 Å². The molecule has 4 N–H and O–H groups in total. The van der Waals surface area contributed by atoms with Crippen molar-refractivity contribution in [1.29, 1.82) is 0 Å². The molecule has 0 spiro atoms. The van der Waals surface area contributed by atoms with Crippen LogP contribution in [0.25, 0.3) is 0 Å². The van der Waals surface area contributed by atoms with Crippen LogP contribution in [0.5, 0.6) is 0 Å². The van der Waals surface area contributed by atoms with Crippen LogP contribution >= 0.6 is 24.4 Å². The number of nitrogens with one attached hydrogen (secondary N) is 4. The van der Waals surface area contributed by atoms with Crippen molar-refractivity contribution in [2.75, 3.05) is 6.54 Å².